The largest absolute Gasteiger partial charge is 0.465 e. The third-order valence-electron chi connectivity index (χ3n) is 6.27. The number of fused-ring (bicyclic) bond motifs is 1. The van der Waals surface area contributed by atoms with E-state index in [1.807, 2.05) is 19.1 Å². The summed E-state index contributed by atoms with van der Waals surface area (Å²) < 4.78 is 4.96. The van der Waals surface area contributed by atoms with Crippen LogP contribution in [0.2, 0.25) is 0 Å². The van der Waals surface area contributed by atoms with Crippen LogP contribution in [0.4, 0.5) is 9.80 Å². The predicted octanol–water partition coefficient (Wildman–Crippen LogP) is 3.52. The van der Waals surface area contributed by atoms with Gasteiger partial charge < -0.3 is 15.4 Å². The van der Waals surface area contributed by atoms with E-state index >= 15 is 0 Å². The van der Waals surface area contributed by atoms with Crippen LogP contribution in [0.5, 0.6) is 0 Å². The highest BCUT2D eigenvalue weighted by molar-refractivity contribution is 7.17. The van der Waals surface area contributed by atoms with E-state index in [4.69, 9.17) is 4.74 Å². The van der Waals surface area contributed by atoms with Gasteiger partial charge in [-0.2, -0.15) is 0 Å². The van der Waals surface area contributed by atoms with E-state index in [0.29, 0.717) is 16.1 Å². The average molecular weight is 470 g/mol. The van der Waals surface area contributed by atoms with Crippen LogP contribution in [0.3, 0.4) is 0 Å². The van der Waals surface area contributed by atoms with Gasteiger partial charge in [0.2, 0.25) is 5.91 Å². The lowest BCUT2D eigenvalue weighted by molar-refractivity contribution is -0.133. The van der Waals surface area contributed by atoms with Crippen LogP contribution in [0, 0.1) is 6.92 Å². The lowest BCUT2D eigenvalue weighted by Crippen LogP contribution is -2.42. The number of amides is 4. The highest BCUT2D eigenvalue weighted by Gasteiger charge is 2.49. The maximum Gasteiger partial charge on any atom is 0.341 e. The van der Waals surface area contributed by atoms with E-state index in [9.17, 15) is 19.2 Å². The van der Waals surface area contributed by atoms with Gasteiger partial charge in [0.15, 0.2) is 0 Å². The summed E-state index contributed by atoms with van der Waals surface area (Å²) in [4.78, 5) is 53.0. The van der Waals surface area contributed by atoms with Crippen molar-refractivity contribution in [2.45, 2.75) is 51.5 Å². The lowest BCUT2D eigenvalue weighted by Gasteiger charge is -2.22. The van der Waals surface area contributed by atoms with E-state index in [2.05, 4.69) is 10.6 Å². The smallest absolute Gasteiger partial charge is 0.341 e. The second kappa shape index (κ2) is 8.97. The van der Waals surface area contributed by atoms with E-state index in [0.717, 1.165) is 53.0 Å². The van der Waals surface area contributed by atoms with Crippen LogP contribution in [-0.2, 0) is 32.7 Å². The molecule has 1 aromatic carbocycles. The summed E-state index contributed by atoms with van der Waals surface area (Å²) in [5.41, 5.74) is 1.74. The number of esters is 1. The number of hydrogen-bond acceptors (Lipinski definition) is 6. The van der Waals surface area contributed by atoms with Gasteiger partial charge >= 0.3 is 12.0 Å². The molecule has 4 amide bonds. The fourth-order valence-corrected chi connectivity index (χ4v) is 5.68. The molecule has 1 fully saturated rings. The van der Waals surface area contributed by atoms with Crippen LogP contribution < -0.4 is 10.6 Å². The predicted molar refractivity (Wildman–Crippen MR) is 124 cm³/mol. The van der Waals surface area contributed by atoms with Gasteiger partial charge in [0.25, 0.3) is 5.91 Å². The van der Waals surface area contributed by atoms with Crippen molar-refractivity contribution in [3.63, 3.8) is 0 Å². The Morgan fingerprint density at radius 3 is 2.55 bits per heavy atom. The number of methoxy groups -OCH3 is 1. The summed E-state index contributed by atoms with van der Waals surface area (Å²) in [5.74, 6) is -1.54. The molecule has 0 radical (unpaired) electrons. The van der Waals surface area contributed by atoms with Gasteiger partial charge in [-0.1, -0.05) is 36.2 Å². The number of carbonyl (C=O) groups is 4. The molecular formula is C24H27N3O5S. The zero-order chi connectivity index (χ0) is 23.8. The van der Waals surface area contributed by atoms with Crippen molar-refractivity contribution >= 4 is 40.2 Å². The number of imide groups is 1. The molecule has 1 saturated heterocycles. The number of urea groups is 1. The number of benzene rings is 1. The minimum atomic E-state index is -1.25. The Labute approximate surface area is 196 Å². The number of ether oxygens (including phenoxy) is 1. The highest BCUT2D eigenvalue weighted by atomic mass is 32.1. The molecular weight excluding hydrogens is 442 g/mol. The molecule has 2 aromatic rings. The maximum absolute atomic E-state index is 13.1. The second-order valence-electron chi connectivity index (χ2n) is 8.62. The molecule has 1 unspecified atom stereocenters. The highest BCUT2D eigenvalue weighted by Crippen LogP contribution is 2.38. The van der Waals surface area contributed by atoms with Crippen molar-refractivity contribution in [3.8, 4) is 0 Å². The van der Waals surface area contributed by atoms with Gasteiger partial charge in [0.05, 0.1) is 12.7 Å². The summed E-state index contributed by atoms with van der Waals surface area (Å²) in [5, 5.41) is 5.87. The number of thiophene rings is 1. The van der Waals surface area contributed by atoms with Crippen molar-refractivity contribution in [3.05, 3.63) is 51.4 Å². The standard InChI is InChI=1S/C24H27N3O5S/c1-14-9-11-15(12-10-14)24(2)22(30)27(23(31)26-24)13-18(28)25-20-19(21(29)32-3)16-7-5-4-6-8-17(16)33-20/h9-12H,4-8,13H2,1-3H3,(H,25,28)(H,26,31). The van der Waals surface area contributed by atoms with Crippen molar-refractivity contribution in [2.75, 3.05) is 19.0 Å². The molecule has 1 aliphatic heterocycles. The molecule has 1 aliphatic carbocycles. The maximum atomic E-state index is 13.1. The quantitative estimate of drug-likeness (QED) is 0.396. The molecule has 1 atom stereocenters. The third-order valence-corrected chi connectivity index (χ3v) is 7.48. The van der Waals surface area contributed by atoms with Crippen LogP contribution in [0.15, 0.2) is 24.3 Å². The zero-order valence-electron chi connectivity index (χ0n) is 18.9. The number of hydrogen-bond donors (Lipinski definition) is 2. The monoisotopic (exact) mass is 469 g/mol. The number of anilines is 1. The summed E-state index contributed by atoms with van der Waals surface area (Å²) in [7, 11) is 1.31. The number of nitrogens with one attached hydrogen (secondary N) is 2. The summed E-state index contributed by atoms with van der Waals surface area (Å²) >= 11 is 1.37. The first-order valence-electron chi connectivity index (χ1n) is 11.0. The first kappa shape index (κ1) is 23.0. The van der Waals surface area contributed by atoms with Gasteiger partial charge in [-0.05, 0) is 50.7 Å². The first-order valence-corrected chi connectivity index (χ1v) is 11.8. The molecule has 2 N–H and O–H groups in total. The first-order chi connectivity index (χ1) is 15.7. The Hall–Kier alpha value is -3.20. The molecule has 4 rings (SSSR count). The minimum absolute atomic E-state index is 0.384. The minimum Gasteiger partial charge on any atom is -0.465 e. The third kappa shape index (κ3) is 4.25. The molecule has 0 spiro atoms. The summed E-state index contributed by atoms with van der Waals surface area (Å²) in [6.45, 7) is 3.11. The average Bonchev–Trinajstić information content (AvgIpc) is 3.10. The Balaban J connectivity index is 1.53. The van der Waals surface area contributed by atoms with Crippen molar-refractivity contribution < 1.29 is 23.9 Å². The number of nitrogens with zero attached hydrogens (tertiary/aromatic N) is 1. The number of rotatable bonds is 5. The van der Waals surface area contributed by atoms with Crippen molar-refractivity contribution in [1.82, 2.24) is 10.2 Å². The second-order valence-corrected chi connectivity index (χ2v) is 9.73. The number of aryl methyl sites for hydroxylation is 2. The Bertz CT molecular complexity index is 1120. The normalized spacial score (nSPS) is 20.2. The SMILES string of the molecule is COC(=O)c1c(NC(=O)CN2C(=O)NC(C)(c3ccc(C)cc3)C2=O)sc2c1CCCCC2. The fraction of sp³-hybridized carbons (Fsp3) is 0.417. The number of carbonyl (C=O) groups excluding carboxylic acids is 4. The van der Waals surface area contributed by atoms with E-state index in [1.165, 1.54) is 18.4 Å². The van der Waals surface area contributed by atoms with Gasteiger partial charge in [-0.3, -0.25) is 14.5 Å². The van der Waals surface area contributed by atoms with Crippen molar-refractivity contribution in [1.29, 1.82) is 0 Å². The van der Waals surface area contributed by atoms with Gasteiger partial charge in [0.1, 0.15) is 17.1 Å². The lowest BCUT2D eigenvalue weighted by atomic mass is 9.91. The Morgan fingerprint density at radius 2 is 1.85 bits per heavy atom. The van der Waals surface area contributed by atoms with E-state index < -0.39 is 35.9 Å². The molecule has 2 heterocycles. The van der Waals surface area contributed by atoms with E-state index in [1.54, 1.807) is 19.1 Å². The van der Waals surface area contributed by atoms with Crippen LogP contribution in [0.1, 0.15) is 58.1 Å². The molecule has 2 aliphatic rings. The zero-order valence-corrected chi connectivity index (χ0v) is 19.8. The molecule has 174 valence electrons. The van der Waals surface area contributed by atoms with Gasteiger partial charge in [0, 0.05) is 4.88 Å². The topological polar surface area (TPSA) is 105 Å². The Kier molecular flexibility index (Phi) is 6.25. The molecule has 0 bridgehead atoms. The van der Waals surface area contributed by atoms with E-state index in [-0.39, 0.29) is 0 Å². The van der Waals surface area contributed by atoms with Crippen LogP contribution in [0.25, 0.3) is 0 Å². The van der Waals surface area contributed by atoms with Crippen molar-refractivity contribution in [2.24, 2.45) is 0 Å². The molecule has 33 heavy (non-hydrogen) atoms. The molecule has 9 heteroatoms. The summed E-state index contributed by atoms with van der Waals surface area (Å²) in [6.07, 6.45) is 4.70. The van der Waals surface area contributed by atoms with Gasteiger partial charge in [-0.25, -0.2) is 9.59 Å². The van der Waals surface area contributed by atoms with Gasteiger partial charge in [-0.15, -0.1) is 11.3 Å². The molecule has 0 saturated carbocycles. The van der Waals surface area contributed by atoms with Crippen LogP contribution in [-0.4, -0.2) is 42.4 Å². The fourth-order valence-electron chi connectivity index (χ4n) is 4.38. The molecule has 1 aromatic heterocycles. The Morgan fingerprint density at radius 1 is 1.15 bits per heavy atom. The molecule has 8 nitrogen and oxygen atoms in total. The van der Waals surface area contributed by atoms with Crippen LogP contribution >= 0.6 is 11.3 Å². The summed E-state index contributed by atoms with van der Waals surface area (Å²) in [6, 6.07) is 6.68.